The molecule has 0 aromatic heterocycles. The second-order valence-electron chi connectivity index (χ2n) is 7.49. The third kappa shape index (κ3) is 4.00. The SMILES string of the molecule is CC1(C)C=C(OC[C@@H](O)[C@H](O)CO)CC2=C1Cc1cc(Br)ccc1C2. The molecule has 136 valence electrons. The summed E-state index contributed by atoms with van der Waals surface area (Å²) in [5.41, 5.74) is 5.45. The van der Waals surface area contributed by atoms with E-state index in [0.29, 0.717) is 0 Å². The number of fused-ring (bicyclic) bond motifs is 1. The van der Waals surface area contributed by atoms with Crippen molar-refractivity contribution in [3.05, 3.63) is 56.8 Å². The molecule has 0 aliphatic heterocycles. The van der Waals surface area contributed by atoms with Gasteiger partial charge in [0.1, 0.15) is 18.8 Å². The minimum Gasteiger partial charge on any atom is -0.495 e. The maximum absolute atomic E-state index is 9.79. The van der Waals surface area contributed by atoms with E-state index in [2.05, 4.69) is 54.1 Å². The number of halogens is 1. The quantitative estimate of drug-likeness (QED) is 0.655. The predicted molar refractivity (Wildman–Crippen MR) is 100 cm³/mol. The summed E-state index contributed by atoms with van der Waals surface area (Å²) in [7, 11) is 0. The Balaban J connectivity index is 1.75. The number of rotatable bonds is 5. The first-order chi connectivity index (χ1) is 11.8. The lowest BCUT2D eigenvalue weighted by atomic mass is 9.69. The van der Waals surface area contributed by atoms with Crippen molar-refractivity contribution in [2.45, 2.75) is 45.3 Å². The average molecular weight is 409 g/mol. The molecule has 0 unspecified atom stereocenters. The normalized spacial score (nSPS) is 21.1. The Bertz CT molecular complexity index is 720. The highest BCUT2D eigenvalue weighted by atomic mass is 79.9. The highest BCUT2D eigenvalue weighted by Gasteiger charge is 2.33. The van der Waals surface area contributed by atoms with Crippen molar-refractivity contribution < 1.29 is 20.1 Å². The second-order valence-corrected chi connectivity index (χ2v) is 8.40. The fourth-order valence-corrected chi connectivity index (χ4v) is 4.11. The summed E-state index contributed by atoms with van der Waals surface area (Å²) in [4.78, 5) is 0. The van der Waals surface area contributed by atoms with Crippen LogP contribution in [0.5, 0.6) is 0 Å². The van der Waals surface area contributed by atoms with Crippen LogP contribution in [0, 0.1) is 5.41 Å². The molecule has 5 heteroatoms. The largest absolute Gasteiger partial charge is 0.495 e. The molecular formula is C20H25BrO4. The summed E-state index contributed by atoms with van der Waals surface area (Å²) in [5, 5.41) is 28.2. The Morgan fingerprint density at radius 2 is 1.88 bits per heavy atom. The average Bonchev–Trinajstić information content (AvgIpc) is 2.57. The molecule has 3 rings (SSSR count). The maximum Gasteiger partial charge on any atom is 0.116 e. The molecule has 0 fully saturated rings. The Labute approximate surface area is 157 Å². The highest BCUT2D eigenvalue weighted by molar-refractivity contribution is 9.10. The Hall–Kier alpha value is -1.14. The van der Waals surface area contributed by atoms with Gasteiger partial charge in [-0.05, 0) is 42.2 Å². The van der Waals surface area contributed by atoms with Crippen LogP contribution in [0.2, 0.25) is 0 Å². The van der Waals surface area contributed by atoms with Crippen LogP contribution in [-0.2, 0) is 17.6 Å². The molecule has 4 nitrogen and oxygen atoms in total. The number of hydrogen-bond acceptors (Lipinski definition) is 4. The first kappa shape index (κ1) is 18.6. The Morgan fingerprint density at radius 1 is 1.12 bits per heavy atom. The van der Waals surface area contributed by atoms with Gasteiger partial charge in [0.15, 0.2) is 0 Å². The molecule has 0 radical (unpaired) electrons. The molecule has 25 heavy (non-hydrogen) atoms. The number of aliphatic hydroxyl groups excluding tert-OH is 3. The van der Waals surface area contributed by atoms with Crippen LogP contribution >= 0.6 is 15.9 Å². The Kier molecular flexibility index (Phi) is 5.40. The van der Waals surface area contributed by atoms with Gasteiger partial charge < -0.3 is 20.1 Å². The zero-order valence-corrected chi connectivity index (χ0v) is 16.2. The van der Waals surface area contributed by atoms with E-state index in [1.807, 2.05) is 0 Å². The molecule has 0 saturated carbocycles. The third-order valence-electron chi connectivity index (χ3n) is 5.12. The van der Waals surface area contributed by atoms with Gasteiger partial charge in [-0.3, -0.25) is 0 Å². The summed E-state index contributed by atoms with van der Waals surface area (Å²) in [6, 6.07) is 6.46. The van der Waals surface area contributed by atoms with Crippen LogP contribution in [-0.4, -0.2) is 40.7 Å². The monoisotopic (exact) mass is 408 g/mol. The van der Waals surface area contributed by atoms with Gasteiger partial charge in [0, 0.05) is 16.3 Å². The zero-order valence-electron chi connectivity index (χ0n) is 14.6. The first-order valence-electron chi connectivity index (χ1n) is 8.60. The number of aliphatic hydroxyl groups is 3. The van der Waals surface area contributed by atoms with Crippen molar-refractivity contribution >= 4 is 15.9 Å². The third-order valence-corrected chi connectivity index (χ3v) is 5.62. The van der Waals surface area contributed by atoms with Crippen LogP contribution in [0.1, 0.15) is 31.4 Å². The van der Waals surface area contributed by atoms with Crippen molar-refractivity contribution in [1.29, 1.82) is 0 Å². The number of ether oxygens (including phenoxy) is 1. The summed E-state index contributed by atoms with van der Waals surface area (Å²) < 4.78 is 6.87. The van der Waals surface area contributed by atoms with Crippen LogP contribution in [0.3, 0.4) is 0 Å². The van der Waals surface area contributed by atoms with E-state index in [-0.39, 0.29) is 12.0 Å². The van der Waals surface area contributed by atoms with Gasteiger partial charge in [0.25, 0.3) is 0 Å². The number of hydrogen-bond donors (Lipinski definition) is 3. The van der Waals surface area contributed by atoms with E-state index in [9.17, 15) is 10.2 Å². The summed E-state index contributed by atoms with van der Waals surface area (Å²) in [6.07, 6.45) is 2.46. The van der Waals surface area contributed by atoms with Gasteiger partial charge in [-0.2, -0.15) is 0 Å². The van der Waals surface area contributed by atoms with Crippen molar-refractivity contribution in [2.24, 2.45) is 5.41 Å². The van der Waals surface area contributed by atoms with E-state index >= 15 is 0 Å². The summed E-state index contributed by atoms with van der Waals surface area (Å²) in [6.45, 7) is 3.88. The molecule has 0 amide bonds. The molecule has 0 spiro atoms. The summed E-state index contributed by atoms with van der Waals surface area (Å²) in [5.74, 6) is 0.827. The van der Waals surface area contributed by atoms with Crippen LogP contribution in [0.15, 0.2) is 45.7 Å². The van der Waals surface area contributed by atoms with E-state index in [4.69, 9.17) is 9.84 Å². The number of benzene rings is 1. The topological polar surface area (TPSA) is 69.9 Å². The summed E-state index contributed by atoms with van der Waals surface area (Å²) >= 11 is 3.56. The first-order valence-corrected chi connectivity index (χ1v) is 9.39. The molecule has 0 heterocycles. The fourth-order valence-electron chi connectivity index (χ4n) is 3.70. The van der Waals surface area contributed by atoms with Gasteiger partial charge in [0.05, 0.1) is 12.4 Å². The zero-order chi connectivity index (χ0) is 18.2. The predicted octanol–water partition coefficient (Wildman–Crippen LogP) is 2.89. The highest BCUT2D eigenvalue weighted by Crippen LogP contribution is 2.44. The van der Waals surface area contributed by atoms with E-state index in [0.717, 1.165) is 29.5 Å². The smallest absolute Gasteiger partial charge is 0.116 e. The van der Waals surface area contributed by atoms with E-state index in [1.165, 1.54) is 22.3 Å². The van der Waals surface area contributed by atoms with Gasteiger partial charge in [-0.1, -0.05) is 47.0 Å². The Morgan fingerprint density at radius 3 is 2.60 bits per heavy atom. The minimum atomic E-state index is -1.17. The van der Waals surface area contributed by atoms with Gasteiger partial charge in [0.2, 0.25) is 0 Å². The molecule has 2 atom stereocenters. The van der Waals surface area contributed by atoms with Crippen molar-refractivity contribution in [2.75, 3.05) is 13.2 Å². The molecule has 2 aliphatic carbocycles. The van der Waals surface area contributed by atoms with Crippen LogP contribution in [0.4, 0.5) is 0 Å². The molecule has 2 aliphatic rings. The molecule has 1 aromatic rings. The second kappa shape index (κ2) is 7.23. The van der Waals surface area contributed by atoms with Crippen molar-refractivity contribution in [3.63, 3.8) is 0 Å². The molecular weight excluding hydrogens is 384 g/mol. The lowest BCUT2D eigenvalue weighted by Crippen LogP contribution is -2.33. The van der Waals surface area contributed by atoms with Crippen LogP contribution < -0.4 is 0 Å². The lowest BCUT2D eigenvalue weighted by molar-refractivity contribution is -0.0461. The lowest BCUT2D eigenvalue weighted by Gasteiger charge is -2.37. The van der Waals surface area contributed by atoms with Gasteiger partial charge in [-0.15, -0.1) is 0 Å². The minimum absolute atomic E-state index is 0.0181. The fraction of sp³-hybridized carbons (Fsp3) is 0.500. The molecule has 0 saturated heterocycles. The molecule has 0 bridgehead atoms. The van der Waals surface area contributed by atoms with E-state index < -0.39 is 18.8 Å². The standard InChI is InChI=1S/C20H25BrO4/c1-20(2)9-16(25-11-19(24)18(23)10-22)7-14-5-12-3-4-15(21)6-13(12)8-17(14)20/h3-4,6,9,18-19,22-24H,5,7-8,10-11H2,1-2H3/t18-,19-/m1/s1. The van der Waals surface area contributed by atoms with Gasteiger partial charge >= 0.3 is 0 Å². The molecule has 1 aromatic carbocycles. The number of allylic oxidation sites excluding steroid dienone is 3. The van der Waals surface area contributed by atoms with Gasteiger partial charge in [-0.25, -0.2) is 0 Å². The van der Waals surface area contributed by atoms with E-state index in [1.54, 1.807) is 0 Å². The maximum atomic E-state index is 9.79. The van der Waals surface area contributed by atoms with Crippen molar-refractivity contribution in [3.8, 4) is 0 Å². The van der Waals surface area contributed by atoms with Crippen LogP contribution in [0.25, 0.3) is 0 Å². The molecule has 3 N–H and O–H groups in total. The van der Waals surface area contributed by atoms with Crippen molar-refractivity contribution in [1.82, 2.24) is 0 Å².